The molecule has 0 aliphatic rings. The van der Waals surface area contributed by atoms with Gasteiger partial charge in [0.25, 0.3) is 0 Å². The number of halogens is 1. The number of rotatable bonds is 4. The lowest BCUT2D eigenvalue weighted by atomic mass is 10.2. The van der Waals surface area contributed by atoms with Crippen LogP contribution >= 0.6 is 11.6 Å². The van der Waals surface area contributed by atoms with Crippen molar-refractivity contribution in [1.82, 2.24) is 4.98 Å². The number of carbonyl (C=O) groups is 1. The molecule has 2 aromatic carbocycles. The fourth-order valence-electron chi connectivity index (χ4n) is 1.97. The Morgan fingerprint density at radius 2 is 2.00 bits per heavy atom. The lowest BCUT2D eigenvalue weighted by Crippen LogP contribution is -2.05. The van der Waals surface area contributed by atoms with E-state index in [2.05, 4.69) is 4.98 Å². The molecule has 0 unspecified atom stereocenters. The lowest BCUT2D eigenvalue weighted by molar-refractivity contribution is 0.0438. The van der Waals surface area contributed by atoms with Gasteiger partial charge in [0.1, 0.15) is 5.75 Å². The normalized spacial score (nSPS) is 10.5. The van der Waals surface area contributed by atoms with E-state index in [1.165, 1.54) is 12.1 Å². The smallest absolute Gasteiger partial charge is 0.338 e. The molecule has 0 aliphatic carbocycles. The van der Waals surface area contributed by atoms with Crippen molar-refractivity contribution < 1.29 is 19.1 Å². The van der Waals surface area contributed by atoms with Crippen LogP contribution in [-0.2, 0) is 11.3 Å². The number of carbonyl (C=O) groups excluding carboxylic acids is 1. The van der Waals surface area contributed by atoms with Crippen LogP contribution in [0.4, 0.5) is 0 Å². The summed E-state index contributed by atoms with van der Waals surface area (Å²) in [5.74, 6) is 0.279. The van der Waals surface area contributed by atoms with Crippen LogP contribution in [0.3, 0.4) is 0 Å². The summed E-state index contributed by atoms with van der Waals surface area (Å²) in [6.07, 6.45) is 1.56. The minimum atomic E-state index is -0.563. The van der Waals surface area contributed by atoms with Crippen LogP contribution < -0.4 is 0 Å². The van der Waals surface area contributed by atoms with E-state index in [-0.39, 0.29) is 23.8 Å². The second-order valence-electron chi connectivity index (χ2n) is 4.75. The quantitative estimate of drug-likeness (QED) is 0.731. The Morgan fingerprint density at radius 1 is 1.22 bits per heavy atom. The molecule has 0 fully saturated rings. The number of aromatic nitrogens is 1. The molecule has 116 valence electrons. The first-order valence-electron chi connectivity index (χ1n) is 6.78. The summed E-state index contributed by atoms with van der Waals surface area (Å²) in [6.45, 7) is -0.0952. The summed E-state index contributed by atoms with van der Waals surface area (Å²) >= 11 is 5.84. The topological polar surface area (TPSA) is 72.6 Å². The van der Waals surface area contributed by atoms with E-state index in [9.17, 15) is 9.90 Å². The van der Waals surface area contributed by atoms with Crippen molar-refractivity contribution in [3.63, 3.8) is 0 Å². The van der Waals surface area contributed by atoms with E-state index in [0.29, 0.717) is 10.8 Å². The zero-order chi connectivity index (χ0) is 16.2. The molecule has 0 atom stereocenters. The SMILES string of the molecule is O=C(OCc1ncc(-c2ccc(Cl)cc2)o1)c1cccc(O)c1. The molecule has 23 heavy (non-hydrogen) atoms. The van der Waals surface area contributed by atoms with Crippen molar-refractivity contribution in [3.05, 3.63) is 71.2 Å². The summed E-state index contributed by atoms with van der Waals surface area (Å²) in [5, 5.41) is 9.98. The van der Waals surface area contributed by atoms with Gasteiger partial charge in [-0.05, 0) is 42.5 Å². The maximum absolute atomic E-state index is 11.9. The molecule has 0 spiro atoms. The number of phenolic OH excluding ortho intramolecular Hbond substituents is 1. The number of benzene rings is 2. The van der Waals surface area contributed by atoms with Gasteiger partial charge in [0.2, 0.25) is 5.89 Å². The maximum atomic E-state index is 11.9. The first kappa shape index (κ1) is 15.1. The first-order chi connectivity index (χ1) is 11.1. The first-order valence-corrected chi connectivity index (χ1v) is 7.16. The van der Waals surface area contributed by atoms with E-state index in [4.69, 9.17) is 20.8 Å². The van der Waals surface area contributed by atoms with Crippen LogP contribution in [0.25, 0.3) is 11.3 Å². The molecule has 0 amide bonds. The number of hydrogen-bond acceptors (Lipinski definition) is 5. The molecule has 0 aliphatic heterocycles. The molecular weight excluding hydrogens is 318 g/mol. The van der Waals surface area contributed by atoms with Crippen LogP contribution in [0, 0.1) is 0 Å². The van der Waals surface area contributed by atoms with Crippen molar-refractivity contribution in [2.24, 2.45) is 0 Å². The average molecular weight is 330 g/mol. The highest BCUT2D eigenvalue weighted by Crippen LogP contribution is 2.22. The van der Waals surface area contributed by atoms with E-state index < -0.39 is 5.97 Å². The van der Waals surface area contributed by atoms with Crippen molar-refractivity contribution >= 4 is 17.6 Å². The highest BCUT2D eigenvalue weighted by molar-refractivity contribution is 6.30. The van der Waals surface area contributed by atoms with E-state index in [0.717, 1.165) is 5.56 Å². The second-order valence-corrected chi connectivity index (χ2v) is 5.19. The molecule has 1 N–H and O–H groups in total. The molecule has 5 nitrogen and oxygen atoms in total. The molecule has 3 aromatic rings. The van der Waals surface area contributed by atoms with Crippen LogP contribution in [0.15, 0.2) is 59.1 Å². The zero-order valence-electron chi connectivity index (χ0n) is 11.9. The largest absolute Gasteiger partial charge is 0.508 e. The predicted octanol–water partition coefficient (Wildman–Crippen LogP) is 4.06. The molecule has 0 bridgehead atoms. The Morgan fingerprint density at radius 3 is 2.74 bits per heavy atom. The number of phenols is 1. The third kappa shape index (κ3) is 3.70. The number of ether oxygens (including phenoxy) is 1. The predicted molar refractivity (Wildman–Crippen MR) is 84.2 cm³/mol. The van der Waals surface area contributed by atoms with Crippen molar-refractivity contribution in [2.75, 3.05) is 0 Å². The van der Waals surface area contributed by atoms with Crippen molar-refractivity contribution in [3.8, 4) is 17.1 Å². The van der Waals surface area contributed by atoms with Crippen molar-refractivity contribution in [1.29, 1.82) is 0 Å². The Labute approximate surface area is 137 Å². The van der Waals surface area contributed by atoms with Crippen LogP contribution in [0.1, 0.15) is 16.2 Å². The van der Waals surface area contributed by atoms with Gasteiger partial charge >= 0.3 is 5.97 Å². The van der Waals surface area contributed by atoms with Gasteiger partial charge < -0.3 is 14.3 Å². The van der Waals surface area contributed by atoms with Gasteiger partial charge in [-0.25, -0.2) is 9.78 Å². The molecule has 0 saturated heterocycles. The van der Waals surface area contributed by atoms with Crippen LogP contribution in [0.2, 0.25) is 5.02 Å². The van der Waals surface area contributed by atoms with Crippen LogP contribution in [-0.4, -0.2) is 16.1 Å². The van der Waals surface area contributed by atoms with Gasteiger partial charge in [-0.2, -0.15) is 0 Å². The van der Waals surface area contributed by atoms with Crippen LogP contribution in [0.5, 0.6) is 5.75 Å². The van der Waals surface area contributed by atoms with E-state index >= 15 is 0 Å². The fourth-order valence-corrected chi connectivity index (χ4v) is 2.09. The number of oxazole rings is 1. The minimum absolute atomic E-state index is 0.000554. The van der Waals surface area contributed by atoms with E-state index in [1.54, 1.807) is 30.5 Å². The lowest BCUT2D eigenvalue weighted by Gasteiger charge is -2.02. The average Bonchev–Trinajstić information content (AvgIpc) is 3.02. The van der Waals surface area contributed by atoms with Crippen molar-refractivity contribution in [2.45, 2.75) is 6.61 Å². The summed E-state index contributed by atoms with van der Waals surface area (Å²) in [5.41, 5.74) is 1.09. The monoisotopic (exact) mass is 329 g/mol. The second kappa shape index (κ2) is 6.54. The third-order valence-corrected chi connectivity index (χ3v) is 3.34. The number of hydrogen-bond donors (Lipinski definition) is 1. The summed E-state index contributed by atoms with van der Waals surface area (Å²) in [4.78, 5) is 15.9. The molecule has 1 heterocycles. The van der Waals surface area contributed by atoms with Gasteiger partial charge in [0, 0.05) is 10.6 Å². The Kier molecular flexibility index (Phi) is 4.30. The number of nitrogens with zero attached hydrogens (tertiary/aromatic N) is 1. The van der Waals surface area contributed by atoms with Gasteiger partial charge in [0.15, 0.2) is 12.4 Å². The summed E-state index contributed by atoms with van der Waals surface area (Å²) < 4.78 is 10.6. The fraction of sp³-hybridized carbons (Fsp3) is 0.0588. The molecule has 1 aromatic heterocycles. The maximum Gasteiger partial charge on any atom is 0.338 e. The molecular formula is C17H12ClNO4. The Bertz CT molecular complexity index is 827. The van der Waals surface area contributed by atoms with Gasteiger partial charge in [-0.1, -0.05) is 17.7 Å². The number of esters is 1. The highest BCUT2D eigenvalue weighted by Gasteiger charge is 2.11. The zero-order valence-corrected chi connectivity index (χ0v) is 12.7. The Hall–Kier alpha value is -2.79. The molecule has 6 heteroatoms. The summed E-state index contributed by atoms with van der Waals surface area (Å²) in [7, 11) is 0. The minimum Gasteiger partial charge on any atom is -0.508 e. The standard InChI is InChI=1S/C17H12ClNO4/c18-13-6-4-11(5-7-13)15-9-19-16(23-15)10-22-17(21)12-2-1-3-14(20)8-12/h1-9,20H,10H2. The van der Waals surface area contributed by atoms with Gasteiger partial charge in [-0.3, -0.25) is 0 Å². The van der Waals surface area contributed by atoms with E-state index in [1.807, 2.05) is 12.1 Å². The Balaban J connectivity index is 1.65. The molecule has 0 saturated carbocycles. The molecule has 0 radical (unpaired) electrons. The third-order valence-electron chi connectivity index (χ3n) is 3.09. The highest BCUT2D eigenvalue weighted by atomic mass is 35.5. The molecule has 3 rings (SSSR count). The number of aromatic hydroxyl groups is 1. The summed E-state index contributed by atoms with van der Waals surface area (Å²) in [6, 6.07) is 13.0. The van der Waals surface area contributed by atoms with Gasteiger partial charge in [-0.15, -0.1) is 0 Å². The van der Waals surface area contributed by atoms with Gasteiger partial charge in [0.05, 0.1) is 11.8 Å².